The van der Waals surface area contributed by atoms with Gasteiger partial charge in [0.2, 0.25) is 0 Å². The number of hydrogen-bond acceptors (Lipinski definition) is 2. The highest BCUT2D eigenvalue weighted by molar-refractivity contribution is 9.10. The van der Waals surface area contributed by atoms with E-state index in [0.717, 1.165) is 16.6 Å². The van der Waals surface area contributed by atoms with Gasteiger partial charge in [-0.15, -0.1) is 0 Å². The van der Waals surface area contributed by atoms with Gasteiger partial charge in [0.05, 0.1) is 7.11 Å². The summed E-state index contributed by atoms with van der Waals surface area (Å²) in [5, 5.41) is 3.44. The van der Waals surface area contributed by atoms with Crippen LogP contribution in [0.3, 0.4) is 0 Å². The standard InChI is InChI=1S/C18H30BrNO/c1-5-6-7-8-9-10-11-17(20-3)15-13-16(19)14(2)12-18(15)21-4/h12-13,17,20H,5-11H2,1-4H3. The van der Waals surface area contributed by atoms with Crippen molar-refractivity contribution in [1.29, 1.82) is 0 Å². The van der Waals surface area contributed by atoms with Crippen molar-refractivity contribution in [2.45, 2.75) is 64.8 Å². The van der Waals surface area contributed by atoms with Crippen LogP contribution in [0.25, 0.3) is 0 Å². The van der Waals surface area contributed by atoms with Gasteiger partial charge in [-0.2, -0.15) is 0 Å². The zero-order valence-electron chi connectivity index (χ0n) is 14.0. The van der Waals surface area contributed by atoms with Crippen LogP contribution in [0.4, 0.5) is 0 Å². The van der Waals surface area contributed by atoms with Gasteiger partial charge in [-0.1, -0.05) is 61.4 Å². The lowest BCUT2D eigenvalue weighted by Crippen LogP contribution is -2.17. The lowest BCUT2D eigenvalue weighted by atomic mass is 9.98. The Morgan fingerprint density at radius 2 is 1.81 bits per heavy atom. The van der Waals surface area contributed by atoms with Gasteiger partial charge in [0.25, 0.3) is 0 Å². The Labute approximate surface area is 138 Å². The predicted molar refractivity (Wildman–Crippen MR) is 95.2 cm³/mol. The van der Waals surface area contributed by atoms with Crippen LogP contribution in [0.5, 0.6) is 5.75 Å². The second-order valence-corrected chi connectivity index (χ2v) is 6.60. The van der Waals surface area contributed by atoms with Crippen molar-refractivity contribution < 1.29 is 4.74 Å². The van der Waals surface area contributed by atoms with Crippen LogP contribution in [0, 0.1) is 6.92 Å². The molecule has 1 aromatic rings. The van der Waals surface area contributed by atoms with Crippen molar-refractivity contribution in [3.8, 4) is 5.75 Å². The number of halogens is 1. The third-order valence-electron chi connectivity index (χ3n) is 4.08. The maximum Gasteiger partial charge on any atom is 0.123 e. The number of unbranched alkanes of at least 4 members (excludes halogenated alkanes) is 5. The summed E-state index contributed by atoms with van der Waals surface area (Å²) in [6.07, 6.45) is 9.17. The molecule has 1 rings (SSSR count). The van der Waals surface area contributed by atoms with E-state index in [1.165, 1.54) is 49.7 Å². The summed E-state index contributed by atoms with van der Waals surface area (Å²) in [7, 11) is 3.79. The first-order valence-electron chi connectivity index (χ1n) is 8.15. The first kappa shape index (κ1) is 18.5. The molecule has 0 fully saturated rings. The molecule has 1 aromatic carbocycles. The van der Waals surface area contributed by atoms with Crippen LogP contribution in [-0.2, 0) is 0 Å². The molecule has 0 amide bonds. The van der Waals surface area contributed by atoms with Gasteiger partial charge < -0.3 is 10.1 Å². The summed E-state index contributed by atoms with van der Waals surface area (Å²) in [6.45, 7) is 4.36. The molecule has 0 spiro atoms. The van der Waals surface area contributed by atoms with Crippen LogP contribution >= 0.6 is 15.9 Å². The lowest BCUT2D eigenvalue weighted by molar-refractivity contribution is 0.395. The van der Waals surface area contributed by atoms with Gasteiger partial charge in [-0.3, -0.25) is 0 Å². The fourth-order valence-corrected chi connectivity index (χ4v) is 3.06. The Hall–Kier alpha value is -0.540. The van der Waals surface area contributed by atoms with Crippen molar-refractivity contribution >= 4 is 15.9 Å². The molecule has 2 nitrogen and oxygen atoms in total. The molecule has 3 heteroatoms. The molecule has 0 aromatic heterocycles. The van der Waals surface area contributed by atoms with Crippen molar-refractivity contribution in [1.82, 2.24) is 5.32 Å². The zero-order valence-corrected chi connectivity index (χ0v) is 15.6. The normalized spacial score (nSPS) is 12.4. The van der Waals surface area contributed by atoms with E-state index in [9.17, 15) is 0 Å². The van der Waals surface area contributed by atoms with Crippen molar-refractivity contribution in [3.63, 3.8) is 0 Å². The van der Waals surface area contributed by atoms with E-state index in [4.69, 9.17) is 4.74 Å². The second kappa shape index (κ2) is 10.2. The van der Waals surface area contributed by atoms with E-state index in [-0.39, 0.29) is 0 Å². The van der Waals surface area contributed by atoms with Crippen molar-refractivity contribution in [2.75, 3.05) is 14.2 Å². The smallest absolute Gasteiger partial charge is 0.123 e. The van der Waals surface area contributed by atoms with Crippen LogP contribution in [-0.4, -0.2) is 14.2 Å². The first-order chi connectivity index (χ1) is 10.1. The predicted octanol–water partition coefficient (Wildman–Crippen LogP) is 5.78. The Morgan fingerprint density at radius 1 is 1.14 bits per heavy atom. The van der Waals surface area contributed by atoms with E-state index < -0.39 is 0 Å². The van der Waals surface area contributed by atoms with Gasteiger partial charge >= 0.3 is 0 Å². The maximum atomic E-state index is 5.56. The number of aryl methyl sites for hydroxylation is 1. The van der Waals surface area contributed by atoms with E-state index >= 15 is 0 Å². The monoisotopic (exact) mass is 355 g/mol. The number of benzene rings is 1. The minimum atomic E-state index is 0.364. The van der Waals surface area contributed by atoms with Gasteiger partial charge in [0.15, 0.2) is 0 Å². The third kappa shape index (κ3) is 5.99. The summed E-state index contributed by atoms with van der Waals surface area (Å²) in [6, 6.07) is 4.68. The van der Waals surface area contributed by atoms with Crippen molar-refractivity contribution in [2.24, 2.45) is 0 Å². The Morgan fingerprint density at radius 3 is 2.43 bits per heavy atom. The fourth-order valence-electron chi connectivity index (χ4n) is 2.70. The molecule has 0 radical (unpaired) electrons. The molecule has 0 saturated heterocycles. The Bertz CT molecular complexity index is 420. The number of rotatable bonds is 10. The minimum Gasteiger partial charge on any atom is -0.496 e. The molecule has 1 atom stereocenters. The largest absolute Gasteiger partial charge is 0.496 e. The van der Waals surface area contributed by atoms with E-state index in [1.54, 1.807) is 7.11 Å². The molecule has 1 N–H and O–H groups in total. The van der Waals surface area contributed by atoms with Gasteiger partial charge in [-0.05, 0) is 38.1 Å². The Kier molecular flexibility index (Phi) is 9.02. The van der Waals surface area contributed by atoms with E-state index in [0.29, 0.717) is 6.04 Å². The van der Waals surface area contributed by atoms with Gasteiger partial charge in [-0.25, -0.2) is 0 Å². The minimum absolute atomic E-state index is 0.364. The summed E-state index contributed by atoms with van der Waals surface area (Å²) in [5.74, 6) is 0.987. The van der Waals surface area contributed by atoms with Gasteiger partial charge in [0, 0.05) is 16.1 Å². The zero-order chi connectivity index (χ0) is 15.7. The van der Waals surface area contributed by atoms with Crippen LogP contribution in [0.1, 0.15) is 69.0 Å². The number of ether oxygens (including phenoxy) is 1. The average molecular weight is 356 g/mol. The topological polar surface area (TPSA) is 21.3 Å². The highest BCUT2D eigenvalue weighted by atomic mass is 79.9. The summed E-state index contributed by atoms with van der Waals surface area (Å²) < 4.78 is 6.72. The highest BCUT2D eigenvalue weighted by Gasteiger charge is 2.15. The lowest BCUT2D eigenvalue weighted by Gasteiger charge is -2.20. The fraction of sp³-hybridized carbons (Fsp3) is 0.667. The highest BCUT2D eigenvalue weighted by Crippen LogP contribution is 2.33. The van der Waals surface area contributed by atoms with E-state index in [2.05, 4.69) is 47.2 Å². The molecule has 1 unspecified atom stereocenters. The quantitative estimate of drug-likeness (QED) is 0.537. The molecule has 0 aliphatic carbocycles. The second-order valence-electron chi connectivity index (χ2n) is 5.74. The third-order valence-corrected chi connectivity index (χ3v) is 4.94. The number of methoxy groups -OCH3 is 1. The SMILES string of the molecule is CCCCCCCCC(NC)c1cc(Br)c(C)cc1OC. The number of hydrogen-bond donors (Lipinski definition) is 1. The maximum absolute atomic E-state index is 5.56. The molecule has 0 saturated carbocycles. The summed E-state index contributed by atoms with van der Waals surface area (Å²) in [4.78, 5) is 0. The molecule has 0 heterocycles. The molecule has 0 aliphatic heterocycles. The first-order valence-corrected chi connectivity index (χ1v) is 8.94. The Balaban J connectivity index is 2.61. The van der Waals surface area contributed by atoms with Crippen molar-refractivity contribution in [3.05, 3.63) is 27.7 Å². The molecular weight excluding hydrogens is 326 g/mol. The molecule has 0 aliphatic rings. The van der Waals surface area contributed by atoms with E-state index in [1.807, 2.05) is 7.05 Å². The molecular formula is C18H30BrNO. The van der Waals surface area contributed by atoms with Gasteiger partial charge in [0.1, 0.15) is 5.75 Å². The summed E-state index contributed by atoms with van der Waals surface area (Å²) >= 11 is 3.63. The average Bonchev–Trinajstić information content (AvgIpc) is 2.49. The van der Waals surface area contributed by atoms with Crippen LogP contribution < -0.4 is 10.1 Å². The summed E-state index contributed by atoms with van der Waals surface area (Å²) in [5.41, 5.74) is 2.47. The number of nitrogens with one attached hydrogen (secondary N) is 1. The molecule has 21 heavy (non-hydrogen) atoms. The van der Waals surface area contributed by atoms with Crippen LogP contribution in [0.2, 0.25) is 0 Å². The molecule has 0 bridgehead atoms. The van der Waals surface area contributed by atoms with Crippen LogP contribution in [0.15, 0.2) is 16.6 Å². The molecule has 120 valence electrons.